The molecule has 1 rings (SSSR count). The van der Waals surface area contributed by atoms with Crippen molar-refractivity contribution in [3.05, 3.63) is 23.5 Å². The van der Waals surface area contributed by atoms with Crippen LogP contribution in [0.4, 0.5) is 5.69 Å². The number of carboxylic acids is 1. The maximum atomic E-state index is 11.1. The van der Waals surface area contributed by atoms with Crippen molar-refractivity contribution < 1.29 is 14.3 Å². The Labute approximate surface area is 115 Å². The fourth-order valence-electron chi connectivity index (χ4n) is 1.72. The Bertz CT molecular complexity index is 469. The molecule has 1 unspecified atom stereocenters. The Balaban J connectivity index is 3.23. The van der Waals surface area contributed by atoms with Crippen LogP contribution in [0.5, 0.6) is 0 Å². The molecule has 0 saturated heterocycles. The molecule has 1 radical (unpaired) electrons. The van der Waals surface area contributed by atoms with Crippen LogP contribution in [0.3, 0.4) is 0 Å². The van der Waals surface area contributed by atoms with E-state index >= 15 is 0 Å². The van der Waals surface area contributed by atoms with Crippen molar-refractivity contribution in [2.75, 3.05) is 5.73 Å². The van der Waals surface area contributed by atoms with Crippen LogP contribution in [-0.2, 0) is 4.43 Å². The van der Waals surface area contributed by atoms with Crippen molar-refractivity contribution in [1.82, 2.24) is 4.98 Å². The van der Waals surface area contributed by atoms with E-state index in [9.17, 15) is 4.79 Å². The second kappa shape index (κ2) is 5.71. The molecule has 105 valence electrons. The number of nitrogen functional groups attached to an aromatic ring is 1. The van der Waals surface area contributed by atoms with E-state index in [1.807, 2.05) is 33.9 Å². The van der Waals surface area contributed by atoms with E-state index in [1.54, 1.807) is 12.1 Å². The molecule has 5 nitrogen and oxygen atoms in total. The predicted octanol–water partition coefficient (Wildman–Crippen LogP) is 2.72. The molecule has 0 fully saturated rings. The van der Waals surface area contributed by atoms with Crippen LogP contribution in [0, 0.1) is 5.41 Å². The molecular weight excluding hydrogens is 260 g/mol. The first-order chi connectivity index (χ1) is 8.62. The van der Waals surface area contributed by atoms with Crippen molar-refractivity contribution in [3.63, 3.8) is 0 Å². The summed E-state index contributed by atoms with van der Waals surface area (Å²) in [6, 6.07) is 3.31. The van der Waals surface area contributed by atoms with E-state index in [4.69, 9.17) is 15.3 Å². The number of rotatable bonds is 4. The van der Waals surface area contributed by atoms with Crippen LogP contribution < -0.4 is 5.73 Å². The summed E-state index contributed by atoms with van der Waals surface area (Å²) in [5.41, 5.74) is 6.13. The van der Waals surface area contributed by atoms with Gasteiger partial charge in [0.05, 0.1) is 17.5 Å². The molecule has 0 amide bonds. The van der Waals surface area contributed by atoms with Gasteiger partial charge in [-0.15, -0.1) is 0 Å². The standard InChI is InChI=1S/C13H21N2O3Si/c1-13(2,3)11(18-19(4)5)9-7-6-8(14)10(15-9)12(16)17/h6-7,11H,14H2,1-5H3,(H,16,17). The predicted molar refractivity (Wildman–Crippen MR) is 76.4 cm³/mol. The largest absolute Gasteiger partial charge is 0.476 e. The van der Waals surface area contributed by atoms with Gasteiger partial charge in [-0.2, -0.15) is 0 Å². The molecule has 19 heavy (non-hydrogen) atoms. The van der Waals surface area contributed by atoms with E-state index in [-0.39, 0.29) is 22.9 Å². The zero-order chi connectivity index (χ0) is 14.8. The number of pyridine rings is 1. The molecule has 0 spiro atoms. The maximum Gasteiger partial charge on any atom is 0.356 e. The Morgan fingerprint density at radius 3 is 2.42 bits per heavy atom. The van der Waals surface area contributed by atoms with Crippen LogP contribution in [0.2, 0.25) is 13.1 Å². The summed E-state index contributed by atoms with van der Waals surface area (Å²) >= 11 is 0. The minimum absolute atomic E-state index is 0.115. The number of carbonyl (C=O) groups is 1. The third-order valence-corrected chi connectivity index (χ3v) is 3.27. The van der Waals surface area contributed by atoms with Gasteiger partial charge in [-0.1, -0.05) is 20.8 Å². The number of nitrogens with zero attached hydrogens (tertiary/aromatic N) is 1. The van der Waals surface area contributed by atoms with Crippen LogP contribution in [-0.4, -0.2) is 25.1 Å². The first-order valence-corrected chi connectivity index (χ1v) is 8.50. The minimum atomic E-state index is -1.12. The van der Waals surface area contributed by atoms with Gasteiger partial charge in [0.2, 0.25) is 9.04 Å². The highest BCUT2D eigenvalue weighted by atomic mass is 28.3. The highest BCUT2D eigenvalue weighted by Gasteiger charge is 2.30. The number of aromatic carboxylic acids is 1. The zero-order valence-electron chi connectivity index (χ0n) is 12.0. The van der Waals surface area contributed by atoms with Gasteiger partial charge < -0.3 is 15.3 Å². The van der Waals surface area contributed by atoms with Gasteiger partial charge in [-0.3, -0.25) is 0 Å². The Morgan fingerprint density at radius 1 is 1.42 bits per heavy atom. The van der Waals surface area contributed by atoms with Gasteiger partial charge in [0, 0.05) is 0 Å². The van der Waals surface area contributed by atoms with Gasteiger partial charge in [-0.25, -0.2) is 9.78 Å². The summed E-state index contributed by atoms with van der Waals surface area (Å²) in [6.45, 7) is 10.2. The molecule has 1 aromatic rings. The van der Waals surface area contributed by atoms with Crippen molar-refractivity contribution in [2.24, 2.45) is 5.41 Å². The molecule has 1 heterocycles. The van der Waals surface area contributed by atoms with Crippen molar-refractivity contribution in [2.45, 2.75) is 40.0 Å². The van der Waals surface area contributed by atoms with Crippen LogP contribution >= 0.6 is 0 Å². The highest BCUT2D eigenvalue weighted by molar-refractivity contribution is 6.48. The number of hydrogen-bond acceptors (Lipinski definition) is 4. The lowest BCUT2D eigenvalue weighted by atomic mass is 9.87. The van der Waals surface area contributed by atoms with Crippen molar-refractivity contribution >= 4 is 20.7 Å². The van der Waals surface area contributed by atoms with Crippen molar-refractivity contribution in [1.29, 1.82) is 0 Å². The van der Waals surface area contributed by atoms with E-state index in [2.05, 4.69) is 4.98 Å². The fraction of sp³-hybridized carbons (Fsp3) is 0.538. The minimum Gasteiger partial charge on any atom is -0.476 e. The third kappa shape index (κ3) is 4.04. The summed E-state index contributed by atoms with van der Waals surface area (Å²) in [5.74, 6) is -1.12. The van der Waals surface area contributed by atoms with Crippen LogP contribution in [0.1, 0.15) is 43.1 Å². The van der Waals surface area contributed by atoms with Gasteiger partial charge >= 0.3 is 5.97 Å². The second-order valence-corrected chi connectivity index (χ2v) is 7.80. The maximum absolute atomic E-state index is 11.1. The first kappa shape index (κ1) is 15.7. The van der Waals surface area contributed by atoms with Gasteiger partial charge in [0.15, 0.2) is 5.69 Å². The molecule has 0 aliphatic rings. The molecule has 0 aliphatic carbocycles. The molecule has 3 N–H and O–H groups in total. The summed E-state index contributed by atoms with van der Waals surface area (Å²) < 4.78 is 5.98. The average Bonchev–Trinajstić information content (AvgIpc) is 2.24. The lowest BCUT2D eigenvalue weighted by Crippen LogP contribution is -2.27. The summed E-state index contributed by atoms with van der Waals surface area (Å²) in [4.78, 5) is 15.2. The molecule has 0 saturated carbocycles. The smallest absolute Gasteiger partial charge is 0.356 e. The van der Waals surface area contributed by atoms with E-state index in [0.29, 0.717) is 5.69 Å². The summed E-state index contributed by atoms with van der Waals surface area (Å²) in [5, 5.41) is 9.08. The number of carboxylic acid groups (broad SMARTS) is 1. The number of aromatic nitrogens is 1. The van der Waals surface area contributed by atoms with Crippen LogP contribution in [0.15, 0.2) is 12.1 Å². The van der Waals surface area contributed by atoms with Gasteiger partial charge in [-0.05, 0) is 30.6 Å². The van der Waals surface area contributed by atoms with Crippen molar-refractivity contribution in [3.8, 4) is 0 Å². The lowest BCUT2D eigenvalue weighted by molar-refractivity contribution is 0.0681. The quantitative estimate of drug-likeness (QED) is 0.829. The van der Waals surface area contributed by atoms with E-state index in [1.165, 1.54) is 0 Å². The summed E-state index contributed by atoms with van der Waals surface area (Å²) in [6.07, 6.45) is -0.241. The zero-order valence-corrected chi connectivity index (χ0v) is 13.0. The normalized spacial score (nSPS) is 13.6. The third-order valence-electron chi connectivity index (χ3n) is 2.56. The molecule has 1 atom stereocenters. The molecule has 6 heteroatoms. The first-order valence-electron chi connectivity index (χ1n) is 6.09. The number of nitrogens with two attached hydrogens (primary N) is 1. The van der Waals surface area contributed by atoms with E-state index in [0.717, 1.165) is 0 Å². The monoisotopic (exact) mass is 281 g/mol. The molecule has 0 bridgehead atoms. The molecule has 0 aliphatic heterocycles. The Kier molecular flexibility index (Phi) is 4.70. The molecule has 0 aromatic carbocycles. The fourth-order valence-corrected chi connectivity index (χ4v) is 2.66. The lowest BCUT2D eigenvalue weighted by Gasteiger charge is -2.32. The van der Waals surface area contributed by atoms with E-state index < -0.39 is 15.0 Å². The highest BCUT2D eigenvalue weighted by Crippen LogP contribution is 2.36. The second-order valence-electron chi connectivity index (χ2n) is 5.75. The SMILES string of the molecule is C[Si](C)OC(c1ccc(N)c(C(=O)O)n1)C(C)(C)C. The number of hydrogen-bond donors (Lipinski definition) is 2. The Hall–Kier alpha value is -1.40. The average molecular weight is 281 g/mol. The van der Waals surface area contributed by atoms with Crippen LogP contribution in [0.25, 0.3) is 0 Å². The molecular formula is C13H21N2O3Si. The Morgan fingerprint density at radius 2 is 2.00 bits per heavy atom. The molecule has 1 aromatic heterocycles. The summed E-state index contributed by atoms with van der Waals surface area (Å²) in [7, 11) is -0.924. The van der Waals surface area contributed by atoms with Gasteiger partial charge in [0.1, 0.15) is 0 Å². The number of anilines is 1. The topological polar surface area (TPSA) is 85.4 Å². The van der Waals surface area contributed by atoms with Gasteiger partial charge in [0.25, 0.3) is 0 Å².